The molecule has 1 saturated heterocycles. The van der Waals surface area contributed by atoms with Crippen LogP contribution in [0.1, 0.15) is 24.5 Å². The Morgan fingerprint density at radius 2 is 1.78 bits per heavy atom. The van der Waals surface area contributed by atoms with E-state index in [1.165, 1.54) is 5.56 Å². The maximum atomic E-state index is 9.90. The number of rotatable bonds is 4. The molecule has 1 atom stereocenters. The lowest BCUT2D eigenvalue weighted by molar-refractivity contribution is 0.212. The molecule has 0 amide bonds. The lowest BCUT2D eigenvalue weighted by Crippen LogP contribution is -2.34. The molecule has 4 heteroatoms. The Kier molecular flexibility index (Phi) is 5.37. The van der Waals surface area contributed by atoms with E-state index < -0.39 is 0 Å². The maximum Gasteiger partial charge on any atom is 0.134 e. The van der Waals surface area contributed by atoms with E-state index in [9.17, 15) is 5.11 Å². The Labute approximate surface area is 161 Å². The molecule has 1 N–H and O–H groups in total. The summed E-state index contributed by atoms with van der Waals surface area (Å²) in [5.41, 5.74) is 3.26. The van der Waals surface area contributed by atoms with Gasteiger partial charge in [0.05, 0.1) is 12.1 Å². The van der Waals surface area contributed by atoms with Crippen molar-refractivity contribution in [1.82, 2.24) is 9.88 Å². The van der Waals surface area contributed by atoms with E-state index >= 15 is 0 Å². The van der Waals surface area contributed by atoms with Gasteiger partial charge in [-0.15, -0.1) is 0 Å². The molecular formula is C23H27N3O. The maximum absolute atomic E-state index is 9.90. The van der Waals surface area contributed by atoms with Crippen LogP contribution in [-0.4, -0.2) is 40.7 Å². The zero-order valence-corrected chi connectivity index (χ0v) is 15.9. The molecule has 4 rings (SSSR count). The Balaban J connectivity index is 1.56. The second-order valence-electron chi connectivity index (χ2n) is 7.40. The van der Waals surface area contributed by atoms with E-state index in [0.717, 1.165) is 54.9 Å². The zero-order chi connectivity index (χ0) is 18.6. The quantitative estimate of drug-likeness (QED) is 0.767. The highest BCUT2D eigenvalue weighted by molar-refractivity contribution is 5.81. The third-order valence-electron chi connectivity index (χ3n) is 5.58. The largest absolute Gasteiger partial charge is 0.392 e. The molecule has 0 saturated carbocycles. The van der Waals surface area contributed by atoms with Gasteiger partial charge in [0.15, 0.2) is 0 Å². The molecule has 0 aliphatic carbocycles. The van der Waals surface area contributed by atoms with Gasteiger partial charge in [0.25, 0.3) is 0 Å². The summed E-state index contributed by atoms with van der Waals surface area (Å²) in [6.45, 7) is 6.20. The minimum absolute atomic E-state index is 0.0208. The van der Waals surface area contributed by atoms with Crippen molar-refractivity contribution in [3.05, 3.63) is 71.8 Å². The molecule has 1 unspecified atom stereocenters. The van der Waals surface area contributed by atoms with Crippen LogP contribution in [0, 0.1) is 0 Å². The number of anilines is 1. The molecule has 0 radical (unpaired) electrons. The highest BCUT2D eigenvalue weighted by atomic mass is 16.3. The highest BCUT2D eigenvalue weighted by Gasteiger charge is 2.23. The van der Waals surface area contributed by atoms with Crippen LogP contribution in [0.15, 0.2) is 60.7 Å². The van der Waals surface area contributed by atoms with Crippen LogP contribution in [0.4, 0.5) is 5.82 Å². The van der Waals surface area contributed by atoms with E-state index in [0.29, 0.717) is 6.04 Å². The fourth-order valence-corrected chi connectivity index (χ4v) is 3.91. The Hall–Kier alpha value is -2.43. The first-order chi connectivity index (χ1) is 13.2. The van der Waals surface area contributed by atoms with E-state index in [-0.39, 0.29) is 6.61 Å². The highest BCUT2D eigenvalue weighted by Crippen LogP contribution is 2.26. The first-order valence-corrected chi connectivity index (χ1v) is 9.77. The van der Waals surface area contributed by atoms with Gasteiger partial charge in [-0.25, -0.2) is 4.98 Å². The number of aliphatic hydroxyl groups excluding tert-OH is 1. The summed E-state index contributed by atoms with van der Waals surface area (Å²) in [5, 5.41) is 11.0. The smallest absolute Gasteiger partial charge is 0.134 e. The fourth-order valence-electron chi connectivity index (χ4n) is 3.91. The number of hydrogen-bond acceptors (Lipinski definition) is 4. The summed E-state index contributed by atoms with van der Waals surface area (Å²) >= 11 is 0. The third-order valence-corrected chi connectivity index (χ3v) is 5.58. The number of fused-ring (bicyclic) bond motifs is 1. The standard InChI is InChI=1S/C23H27N3O/c1-18-11-12-25(13-14-26(18)16-19-7-3-2-4-8-19)23-21(17-27)15-20-9-5-6-10-22(20)24-23/h2-10,15,18,27H,11-14,16-17H2,1H3. The van der Waals surface area contributed by atoms with Gasteiger partial charge < -0.3 is 10.0 Å². The predicted octanol–water partition coefficient (Wildman–Crippen LogP) is 3.83. The first-order valence-electron chi connectivity index (χ1n) is 9.77. The number of nitrogens with zero attached hydrogens (tertiary/aromatic N) is 3. The van der Waals surface area contributed by atoms with E-state index in [1.54, 1.807) is 0 Å². The van der Waals surface area contributed by atoms with Crippen molar-refractivity contribution < 1.29 is 5.11 Å². The van der Waals surface area contributed by atoms with Crippen LogP contribution >= 0.6 is 0 Å². The van der Waals surface area contributed by atoms with Crippen molar-refractivity contribution >= 4 is 16.7 Å². The summed E-state index contributed by atoms with van der Waals surface area (Å²) in [6.07, 6.45) is 1.09. The van der Waals surface area contributed by atoms with Crippen LogP contribution < -0.4 is 4.90 Å². The minimum atomic E-state index is 0.0208. The number of hydrogen-bond donors (Lipinski definition) is 1. The monoisotopic (exact) mass is 361 g/mol. The molecule has 2 heterocycles. The van der Waals surface area contributed by atoms with Crippen molar-refractivity contribution in [3.63, 3.8) is 0 Å². The minimum Gasteiger partial charge on any atom is -0.392 e. The molecule has 27 heavy (non-hydrogen) atoms. The summed E-state index contributed by atoms with van der Waals surface area (Å²) in [4.78, 5) is 9.79. The third kappa shape index (κ3) is 3.97. The number of aromatic nitrogens is 1. The molecule has 0 spiro atoms. The van der Waals surface area contributed by atoms with Gasteiger partial charge in [0.2, 0.25) is 0 Å². The molecule has 0 bridgehead atoms. The van der Waals surface area contributed by atoms with Crippen molar-refractivity contribution in [3.8, 4) is 0 Å². The van der Waals surface area contributed by atoms with Gasteiger partial charge in [-0.1, -0.05) is 48.5 Å². The topological polar surface area (TPSA) is 39.6 Å². The van der Waals surface area contributed by atoms with Crippen LogP contribution in [0.3, 0.4) is 0 Å². The van der Waals surface area contributed by atoms with E-state index in [2.05, 4.69) is 59.2 Å². The second kappa shape index (κ2) is 8.07. The fraction of sp³-hybridized carbons (Fsp3) is 0.348. The Morgan fingerprint density at radius 3 is 2.59 bits per heavy atom. The van der Waals surface area contributed by atoms with Crippen molar-refractivity contribution in [2.75, 3.05) is 24.5 Å². The van der Waals surface area contributed by atoms with E-state index in [1.807, 2.05) is 18.2 Å². The molecule has 1 aliphatic rings. The average molecular weight is 361 g/mol. The number of aliphatic hydroxyl groups is 1. The Bertz CT molecular complexity index is 897. The zero-order valence-electron chi connectivity index (χ0n) is 15.9. The van der Waals surface area contributed by atoms with Gasteiger partial charge >= 0.3 is 0 Å². The molecule has 1 aromatic heterocycles. The second-order valence-corrected chi connectivity index (χ2v) is 7.40. The summed E-state index contributed by atoms with van der Waals surface area (Å²) < 4.78 is 0. The predicted molar refractivity (Wildman–Crippen MR) is 111 cm³/mol. The SMILES string of the molecule is CC1CCN(c2nc3ccccc3cc2CO)CCN1Cc1ccccc1. The van der Waals surface area contributed by atoms with E-state index in [4.69, 9.17) is 4.98 Å². The van der Waals surface area contributed by atoms with Gasteiger partial charge in [0.1, 0.15) is 5.82 Å². The van der Waals surface area contributed by atoms with Gasteiger partial charge in [-0.05, 0) is 31.0 Å². The molecule has 4 nitrogen and oxygen atoms in total. The van der Waals surface area contributed by atoms with Crippen LogP contribution in [0.25, 0.3) is 10.9 Å². The summed E-state index contributed by atoms with van der Waals surface area (Å²) in [6, 6.07) is 21.4. The Morgan fingerprint density at radius 1 is 1.00 bits per heavy atom. The van der Waals surface area contributed by atoms with Crippen LogP contribution in [0.5, 0.6) is 0 Å². The van der Waals surface area contributed by atoms with Crippen molar-refractivity contribution in [1.29, 1.82) is 0 Å². The molecule has 3 aromatic rings. The molecule has 1 fully saturated rings. The van der Waals surface area contributed by atoms with Gasteiger partial charge in [-0.2, -0.15) is 0 Å². The van der Waals surface area contributed by atoms with Crippen LogP contribution in [0.2, 0.25) is 0 Å². The molecular weight excluding hydrogens is 334 g/mol. The summed E-state index contributed by atoms with van der Waals surface area (Å²) in [7, 11) is 0. The molecule has 140 valence electrons. The summed E-state index contributed by atoms with van der Waals surface area (Å²) in [5.74, 6) is 0.935. The van der Waals surface area contributed by atoms with Crippen molar-refractivity contribution in [2.24, 2.45) is 0 Å². The lowest BCUT2D eigenvalue weighted by Gasteiger charge is -2.26. The molecule has 2 aromatic carbocycles. The number of para-hydroxylation sites is 1. The van der Waals surface area contributed by atoms with Gasteiger partial charge in [0, 0.05) is 43.2 Å². The van der Waals surface area contributed by atoms with Crippen molar-refractivity contribution in [2.45, 2.75) is 32.5 Å². The first kappa shape index (κ1) is 18.0. The lowest BCUT2D eigenvalue weighted by atomic mass is 10.1. The van der Waals surface area contributed by atoms with Crippen LogP contribution in [-0.2, 0) is 13.2 Å². The number of pyridine rings is 1. The average Bonchev–Trinajstić information content (AvgIpc) is 2.89. The number of benzene rings is 2. The normalized spacial score (nSPS) is 18.6. The molecule has 1 aliphatic heterocycles. The van der Waals surface area contributed by atoms with Gasteiger partial charge in [-0.3, -0.25) is 4.90 Å².